The first-order valence-corrected chi connectivity index (χ1v) is 9.01. The number of amides is 2. The maximum absolute atomic E-state index is 12.4. The van der Waals surface area contributed by atoms with Crippen LogP contribution in [0.1, 0.15) is 38.5 Å². The van der Waals surface area contributed by atoms with Gasteiger partial charge in [-0.05, 0) is 44.7 Å². The summed E-state index contributed by atoms with van der Waals surface area (Å²) in [5.74, 6) is -0.1000. The lowest BCUT2D eigenvalue weighted by Crippen LogP contribution is -2.51. The molecule has 7 nitrogen and oxygen atoms in total. The monoisotopic (exact) mass is 333 g/mol. The maximum Gasteiger partial charge on any atom is 0.242 e. The number of aromatic nitrogens is 2. The Bertz CT molecular complexity index is 545. The second kappa shape index (κ2) is 8.28. The van der Waals surface area contributed by atoms with E-state index in [1.54, 1.807) is 6.20 Å². The zero-order valence-corrected chi connectivity index (χ0v) is 14.1. The highest BCUT2D eigenvalue weighted by Gasteiger charge is 2.27. The minimum absolute atomic E-state index is 0.0485. The van der Waals surface area contributed by atoms with Crippen LogP contribution in [0, 0.1) is 0 Å². The van der Waals surface area contributed by atoms with Gasteiger partial charge in [-0.25, -0.2) is 0 Å². The van der Waals surface area contributed by atoms with E-state index in [1.807, 2.05) is 16.9 Å². The quantitative estimate of drug-likeness (QED) is 0.823. The normalized spacial score (nSPS) is 25.8. The molecule has 0 aromatic carbocycles. The zero-order chi connectivity index (χ0) is 16.8. The second-order valence-corrected chi connectivity index (χ2v) is 6.76. The van der Waals surface area contributed by atoms with E-state index in [9.17, 15) is 9.59 Å². The fourth-order valence-corrected chi connectivity index (χ4v) is 3.60. The first-order chi connectivity index (χ1) is 11.7. The van der Waals surface area contributed by atoms with Gasteiger partial charge in [-0.15, -0.1) is 0 Å². The molecule has 3 rings (SSSR count). The van der Waals surface area contributed by atoms with Gasteiger partial charge in [0.2, 0.25) is 11.8 Å². The van der Waals surface area contributed by atoms with Crippen molar-refractivity contribution in [3.05, 3.63) is 18.5 Å². The summed E-state index contributed by atoms with van der Waals surface area (Å²) in [4.78, 5) is 26.6. The Morgan fingerprint density at radius 1 is 1.29 bits per heavy atom. The highest BCUT2D eigenvalue weighted by Crippen LogP contribution is 2.18. The van der Waals surface area contributed by atoms with E-state index >= 15 is 0 Å². The van der Waals surface area contributed by atoms with Gasteiger partial charge in [-0.1, -0.05) is 6.42 Å². The van der Waals surface area contributed by atoms with Gasteiger partial charge in [0, 0.05) is 25.0 Å². The number of rotatable bonds is 5. The molecule has 0 saturated carbocycles. The molecule has 7 heteroatoms. The highest BCUT2D eigenvalue weighted by molar-refractivity contribution is 5.88. The lowest BCUT2D eigenvalue weighted by atomic mass is 10.0. The van der Waals surface area contributed by atoms with Crippen LogP contribution in [0.2, 0.25) is 0 Å². The molecule has 0 spiro atoms. The van der Waals surface area contributed by atoms with Crippen molar-refractivity contribution in [1.82, 2.24) is 25.3 Å². The first kappa shape index (κ1) is 17.0. The van der Waals surface area contributed by atoms with Crippen molar-refractivity contribution in [1.29, 1.82) is 0 Å². The number of likely N-dealkylation sites (tertiary alicyclic amines) is 1. The van der Waals surface area contributed by atoms with E-state index in [0.29, 0.717) is 19.1 Å². The summed E-state index contributed by atoms with van der Waals surface area (Å²) >= 11 is 0. The van der Waals surface area contributed by atoms with Gasteiger partial charge in [0.25, 0.3) is 0 Å². The van der Waals surface area contributed by atoms with Crippen molar-refractivity contribution < 1.29 is 9.59 Å². The van der Waals surface area contributed by atoms with Crippen molar-refractivity contribution in [2.45, 2.75) is 57.2 Å². The first-order valence-electron chi connectivity index (χ1n) is 9.01. The maximum atomic E-state index is 12.4. The lowest BCUT2D eigenvalue weighted by molar-refractivity contribution is -0.130. The Morgan fingerprint density at radius 2 is 2.17 bits per heavy atom. The van der Waals surface area contributed by atoms with Crippen LogP contribution < -0.4 is 10.6 Å². The molecule has 3 heterocycles. The number of carbonyl (C=O) groups is 2. The van der Waals surface area contributed by atoms with Crippen LogP contribution in [0.15, 0.2) is 18.5 Å². The third-order valence-electron chi connectivity index (χ3n) is 4.92. The van der Waals surface area contributed by atoms with Gasteiger partial charge in [0.15, 0.2) is 0 Å². The van der Waals surface area contributed by atoms with Crippen LogP contribution in [-0.2, 0) is 16.1 Å². The standard InChI is InChI=1S/C17H27N5O2/c23-16(20-15-7-1-3-8-18-17(15)24)13-21-10-4-2-6-14(21)12-22-11-5-9-19-22/h5,9,11,14-15H,1-4,6-8,10,12-13H2,(H,18,24)(H,20,23)/t14-,15+/m0/s1. The molecule has 2 amide bonds. The minimum Gasteiger partial charge on any atom is -0.354 e. The molecule has 2 aliphatic rings. The smallest absolute Gasteiger partial charge is 0.242 e. The van der Waals surface area contributed by atoms with Crippen molar-refractivity contribution in [2.24, 2.45) is 0 Å². The molecule has 1 aromatic heterocycles. The third-order valence-corrected chi connectivity index (χ3v) is 4.92. The minimum atomic E-state index is -0.380. The van der Waals surface area contributed by atoms with Crippen LogP contribution in [0.5, 0.6) is 0 Å². The number of piperidine rings is 1. The van der Waals surface area contributed by atoms with Gasteiger partial charge in [-0.2, -0.15) is 5.10 Å². The number of nitrogens with one attached hydrogen (secondary N) is 2. The number of hydrogen-bond acceptors (Lipinski definition) is 4. The predicted molar refractivity (Wildman–Crippen MR) is 90.2 cm³/mol. The van der Waals surface area contributed by atoms with Crippen LogP contribution >= 0.6 is 0 Å². The average Bonchev–Trinajstić information content (AvgIpc) is 3.00. The Morgan fingerprint density at radius 3 is 3.00 bits per heavy atom. The molecule has 132 valence electrons. The van der Waals surface area contributed by atoms with Crippen LogP contribution in [0.4, 0.5) is 0 Å². The lowest BCUT2D eigenvalue weighted by Gasteiger charge is -2.35. The number of hydrogen-bond donors (Lipinski definition) is 2. The van der Waals surface area contributed by atoms with Crippen LogP contribution in [0.3, 0.4) is 0 Å². The summed E-state index contributed by atoms with van der Waals surface area (Å²) in [6, 6.07) is 1.87. The third kappa shape index (κ3) is 4.56. The van der Waals surface area contributed by atoms with E-state index in [1.165, 1.54) is 6.42 Å². The van der Waals surface area contributed by atoms with E-state index < -0.39 is 0 Å². The molecular formula is C17H27N5O2. The van der Waals surface area contributed by atoms with Crippen molar-refractivity contribution >= 4 is 11.8 Å². The van der Waals surface area contributed by atoms with Gasteiger partial charge < -0.3 is 10.6 Å². The summed E-state index contributed by atoms with van der Waals surface area (Å²) in [6.07, 6.45) is 9.81. The van der Waals surface area contributed by atoms with Crippen molar-refractivity contribution in [3.8, 4) is 0 Å². The number of nitrogens with zero attached hydrogens (tertiary/aromatic N) is 3. The SMILES string of the molecule is O=C(CN1CCCC[C@H]1Cn1cccn1)N[C@@H]1CCCCNC1=O. The fraction of sp³-hybridized carbons (Fsp3) is 0.706. The number of carbonyl (C=O) groups excluding carboxylic acids is 2. The van der Waals surface area contributed by atoms with E-state index in [4.69, 9.17) is 0 Å². The second-order valence-electron chi connectivity index (χ2n) is 6.76. The molecule has 0 aliphatic carbocycles. The van der Waals surface area contributed by atoms with Crippen LogP contribution in [-0.4, -0.2) is 58.2 Å². The molecule has 0 unspecified atom stereocenters. The van der Waals surface area contributed by atoms with Crippen LogP contribution in [0.25, 0.3) is 0 Å². The predicted octanol–water partition coefficient (Wildman–Crippen LogP) is 0.523. The zero-order valence-electron chi connectivity index (χ0n) is 14.1. The Kier molecular flexibility index (Phi) is 5.85. The average molecular weight is 333 g/mol. The van der Waals surface area contributed by atoms with Gasteiger partial charge >= 0.3 is 0 Å². The summed E-state index contributed by atoms with van der Waals surface area (Å²) in [5, 5.41) is 10.1. The molecule has 2 atom stereocenters. The molecule has 2 aliphatic heterocycles. The van der Waals surface area contributed by atoms with Crippen molar-refractivity contribution in [2.75, 3.05) is 19.6 Å². The summed E-state index contributed by atoms with van der Waals surface area (Å²) < 4.78 is 1.93. The van der Waals surface area contributed by atoms with E-state index in [0.717, 1.165) is 45.2 Å². The molecule has 2 fully saturated rings. The molecule has 2 N–H and O–H groups in total. The van der Waals surface area contributed by atoms with Gasteiger partial charge in [0.1, 0.15) is 6.04 Å². The van der Waals surface area contributed by atoms with Gasteiger partial charge in [0.05, 0.1) is 13.1 Å². The molecule has 0 radical (unpaired) electrons. The summed E-state index contributed by atoms with van der Waals surface area (Å²) in [6.45, 7) is 2.80. The highest BCUT2D eigenvalue weighted by atomic mass is 16.2. The molecule has 1 aromatic rings. The Labute approximate surface area is 142 Å². The summed E-state index contributed by atoms with van der Waals surface area (Å²) in [7, 11) is 0. The van der Waals surface area contributed by atoms with E-state index in [2.05, 4.69) is 20.6 Å². The van der Waals surface area contributed by atoms with E-state index in [-0.39, 0.29) is 17.9 Å². The molecule has 0 bridgehead atoms. The van der Waals surface area contributed by atoms with Gasteiger partial charge in [-0.3, -0.25) is 19.2 Å². The van der Waals surface area contributed by atoms with Crippen molar-refractivity contribution in [3.63, 3.8) is 0 Å². The largest absolute Gasteiger partial charge is 0.354 e. The summed E-state index contributed by atoms with van der Waals surface area (Å²) in [5.41, 5.74) is 0. The Hall–Kier alpha value is -1.89. The topological polar surface area (TPSA) is 79.3 Å². The Balaban J connectivity index is 1.54. The molecule has 2 saturated heterocycles. The fourth-order valence-electron chi connectivity index (χ4n) is 3.60. The molecular weight excluding hydrogens is 306 g/mol. The molecule has 24 heavy (non-hydrogen) atoms.